The van der Waals surface area contributed by atoms with Crippen molar-refractivity contribution in [3.8, 4) is 0 Å². The van der Waals surface area contributed by atoms with Crippen LogP contribution in [0.1, 0.15) is 38.4 Å². The van der Waals surface area contributed by atoms with Gasteiger partial charge in [0.15, 0.2) is 0 Å². The minimum absolute atomic E-state index is 0.00496. The van der Waals surface area contributed by atoms with E-state index in [4.69, 9.17) is 5.73 Å². The Morgan fingerprint density at radius 2 is 2.07 bits per heavy atom. The number of anilines is 1. The van der Waals surface area contributed by atoms with Gasteiger partial charge in [-0.15, -0.1) is 11.3 Å². The first-order chi connectivity index (χ1) is 12.9. The average Bonchev–Trinajstić information content (AvgIpc) is 3.31. The third kappa shape index (κ3) is 3.49. The van der Waals surface area contributed by atoms with Gasteiger partial charge in [-0.25, -0.2) is 4.39 Å². The van der Waals surface area contributed by atoms with Gasteiger partial charge in [0, 0.05) is 24.7 Å². The van der Waals surface area contributed by atoms with Gasteiger partial charge in [-0.2, -0.15) is 0 Å². The fourth-order valence-electron chi connectivity index (χ4n) is 4.19. The quantitative estimate of drug-likeness (QED) is 0.849. The Bertz CT molecular complexity index is 897. The number of benzene rings is 1. The van der Waals surface area contributed by atoms with Crippen molar-refractivity contribution in [2.75, 3.05) is 18.4 Å². The summed E-state index contributed by atoms with van der Waals surface area (Å²) in [5.41, 5.74) is 7.25. The van der Waals surface area contributed by atoms with E-state index in [-0.39, 0.29) is 17.5 Å². The molecule has 7 heteroatoms. The number of nitrogens with zero attached hydrogens (tertiary/aromatic N) is 1. The number of nitrogens with one attached hydrogen (secondary N) is 1. The van der Waals surface area contributed by atoms with E-state index in [2.05, 4.69) is 5.32 Å². The van der Waals surface area contributed by atoms with Gasteiger partial charge in [-0.1, -0.05) is 6.07 Å². The molecule has 1 aromatic heterocycles. The molecule has 2 aliphatic rings. The minimum Gasteiger partial charge on any atom is -0.337 e. The zero-order valence-electron chi connectivity index (χ0n) is 15.1. The minimum atomic E-state index is -0.460. The van der Waals surface area contributed by atoms with E-state index in [1.807, 2.05) is 11.8 Å². The van der Waals surface area contributed by atoms with Crippen molar-refractivity contribution < 1.29 is 14.0 Å². The third-order valence-electron chi connectivity index (χ3n) is 5.64. The van der Waals surface area contributed by atoms with E-state index in [9.17, 15) is 14.0 Å². The van der Waals surface area contributed by atoms with Gasteiger partial charge in [0.2, 0.25) is 0 Å². The lowest BCUT2D eigenvalue weighted by Gasteiger charge is -2.18. The van der Waals surface area contributed by atoms with Crippen molar-refractivity contribution in [3.63, 3.8) is 0 Å². The SMILES string of the molecule is Cc1cc(NC(=O)c2cccc(F)c2)sc1C(=O)N1CC2CCC(N)C2C1. The van der Waals surface area contributed by atoms with E-state index < -0.39 is 11.7 Å². The number of hydrogen-bond donors (Lipinski definition) is 2. The summed E-state index contributed by atoms with van der Waals surface area (Å²) in [6, 6.07) is 7.51. The van der Waals surface area contributed by atoms with E-state index in [0.717, 1.165) is 24.9 Å². The molecule has 5 nitrogen and oxygen atoms in total. The average molecular weight is 387 g/mol. The molecule has 0 spiro atoms. The number of rotatable bonds is 3. The zero-order valence-corrected chi connectivity index (χ0v) is 15.9. The molecule has 3 N–H and O–H groups in total. The van der Waals surface area contributed by atoms with Crippen molar-refractivity contribution in [1.82, 2.24) is 4.90 Å². The maximum Gasteiger partial charge on any atom is 0.264 e. The van der Waals surface area contributed by atoms with Crippen molar-refractivity contribution in [2.24, 2.45) is 17.6 Å². The number of carbonyl (C=O) groups is 2. The Morgan fingerprint density at radius 3 is 2.81 bits per heavy atom. The van der Waals surface area contributed by atoms with E-state index >= 15 is 0 Å². The van der Waals surface area contributed by atoms with Crippen LogP contribution in [0.4, 0.5) is 9.39 Å². The highest BCUT2D eigenvalue weighted by Crippen LogP contribution is 2.38. The second kappa shape index (κ2) is 7.05. The maximum atomic E-state index is 13.3. The summed E-state index contributed by atoms with van der Waals surface area (Å²) < 4.78 is 13.3. The largest absolute Gasteiger partial charge is 0.337 e. The summed E-state index contributed by atoms with van der Waals surface area (Å²) in [7, 11) is 0. The van der Waals surface area contributed by atoms with E-state index in [1.54, 1.807) is 12.1 Å². The second-order valence-corrected chi connectivity index (χ2v) is 8.51. The molecule has 27 heavy (non-hydrogen) atoms. The van der Waals surface area contributed by atoms with Crippen LogP contribution < -0.4 is 11.1 Å². The summed E-state index contributed by atoms with van der Waals surface area (Å²) in [5.74, 6) is 0.0678. The number of carbonyl (C=O) groups excluding carboxylic acids is 2. The number of nitrogens with two attached hydrogens (primary N) is 1. The Kier molecular flexibility index (Phi) is 4.74. The molecule has 1 saturated heterocycles. The summed E-state index contributed by atoms with van der Waals surface area (Å²) in [4.78, 5) is 27.8. The molecule has 1 aliphatic carbocycles. The first-order valence-corrected chi connectivity index (χ1v) is 9.96. The molecule has 4 rings (SSSR count). The number of hydrogen-bond acceptors (Lipinski definition) is 4. The van der Waals surface area contributed by atoms with E-state index in [0.29, 0.717) is 28.3 Å². The first-order valence-electron chi connectivity index (χ1n) is 9.14. The van der Waals surface area contributed by atoms with Crippen LogP contribution in [0.5, 0.6) is 0 Å². The van der Waals surface area contributed by atoms with Crippen LogP contribution in [0.2, 0.25) is 0 Å². The fraction of sp³-hybridized carbons (Fsp3) is 0.400. The van der Waals surface area contributed by atoms with E-state index in [1.165, 1.54) is 29.5 Å². The lowest BCUT2D eigenvalue weighted by Crippen LogP contribution is -2.33. The Labute approximate surface area is 161 Å². The van der Waals surface area contributed by atoms with Gasteiger partial charge in [-0.05, 0) is 61.4 Å². The molecule has 1 aromatic carbocycles. The number of amides is 2. The number of aryl methyl sites for hydroxylation is 1. The predicted molar refractivity (Wildman–Crippen MR) is 104 cm³/mol. The molecule has 2 amide bonds. The smallest absolute Gasteiger partial charge is 0.264 e. The molecule has 3 unspecified atom stereocenters. The fourth-order valence-corrected chi connectivity index (χ4v) is 5.22. The third-order valence-corrected chi connectivity index (χ3v) is 6.78. The van der Waals surface area contributed by atoms with Crippen molar-refractivity contribution in [3.05, 3.63) is 52.2 Å². The van der Waals surface area contributed by atoms with Gasteiger partial charge < -0.3 is 16.0 Å². The lowest BCUT2D eigenvalue weighted by atomic mass is 9.98. The summed E-state index contributed by atoms with van der Waals surface area (Å²) >= 11 is 1.26. The van der Waals surface area contributed by atoms with Crippen LogP contribution in [0.25, 0.3) is 0 Å². The van der Waals surface area contributed by atoms with Gasteiger partial charge >= 0.3 is 0 Å². The van der Waals surface area contributed by atoms with Crippen LogP contribution in [0, 0.1) is 24.6 Å². The highest BCUT2D eigenvalue weighted by atomic mass is 32.1. The number of halogens is 1. The molecule has 0 bridgehead atoms. The predicted octanol–water partition coefficient (Wildman–Crippen LogP) is 3.26. The van der Waals surface area contributed by atoms with Crippen LogP contribution in [-0.4, -0.2) is 35.8 Å². The molecule has 1 saturated carbocycles. The lowest BCUT2D eigenvalue weighted by molar-refractivity contribution is 0.0783. The summed E-state index contributed by atoms with van der Waals surface area (Å²) in [6.45, 7) is 3.34. The first kappa shape index (κ1) is 18.1. The van der Waals surface area contributed by atoms with Gasteiger partial charge in [0.1, 0.15) is 5.82 Å². The Balaban J connectivity index is 1.47. The monoisotopic (exact) mass is 387 g/mol. The molecule has 1 aliphatic heterocycles. The van der Waals surface area contributed by atoms with Gasteiger partial charge in [0.25, 0.3) is 11.8 Å². The summed E-state index contributed by atoms with van der Waals surface area (Å²) in [5, 5.41) is 3.35. The zero-order chi connectivity index (χ0) is 19.1. The number of likely N-dealkylation sites (tertiary alicyclic amines) is 1. The standard InChI is InChI=1S/C20H22FN3O2S/c1-11-7-17(23-19(25)12-3-2-4-14(21)8-12)27-18(11)20(26)24-9-13-5-6-16(22)15(13)10-24/h2-4,7-8,13,15-16H,5-6,9-10,22H2,1H3,(H,23,25). The molecule has 0 radical (unpaired) electrons. The molecule has 2 aromatic rings. The van der Waals surface area contributed by atoms with Crippen molar-refractivity contribution in [2.45, 2.75) is 25.8 Å². The molecule has 2 fully saturated rings. The Hall–Kier alpha value is -2.25. The van der Waals surface area contributed by atoms with Crippen molar-refractivity contribution in [1.29, 1.82) is 0 Å². The molecular weight excluding hydrogens is 365 g/mol. The van der Waals surface area contributed by atoms with Gasteiger partial charge in [-0.3, -0.25) is 9.59 Å². The maximum absolute atomic E-state index is 13.3. The number of thiophene rings is 1. The molecular formula is C20H22FN3O2S. The normalized spacial score (nSPS) is 24.1. The second-order valence-electron chi connectivity index (χ2n) is 7.46. The molecule has 142 valence electrons. The highest BCUT2D eigenvalue weighted by molar-refractivity contribution is 7.18. The van der Waals surface area contributed by atoms with Crippen LogP contribution in [0.15, 0.2) is 30.3 Å². The summed E-state index contributed by atoms with van der Waals surface area (Å²) in [6.07, 6.45) is 2.14. The Morgan fingerprint density at radius 1 is 1.26 bits per heavy atom. The van der Waals surface area contributed by atoms with Gasteiger partial charge in [0.05, 0.1) is 9.88 Å². The molecule has 3 atom stereocenters. The van der Waals surface area contributed by atoms with Crippen molar-refractivity contribution >= 4 is 28.2 Å². The van der Waals surface area contributed by atoms with Crippen LogP contribution in [-0.2, 0) is 0 Å². The molecule has 2 heterocycles. The number of fused-ring (bicyclic) bond motifs is 1. The van der Waals surface area contributed by atoms with Crippen LogP contribution >= 0.6 is 11.3 Å². The topological polar surface area (TPSA) is 75.4 Å². The highest BCUT2D eigenvalue weighted by Gasteiger charge is 2.43. The van der Waals surface area contributed by atoms with Crippen LogP contribution in [0.3, 0.4) is 0 Å².